The molecule has 0 unspecified atom stereocenters. The smallest absolute Gasteiger partial charge is 0.284 e. The second-order valence-electron chi connectivity index (χ2n) is 6.01. The zero-order valence-electron chi connectivity index (χ0n) is 13.0. The number of fused-ring (bicyclic) bond motifs is 1. The second-order valence-corrected chi connectivity index (χ2v) is 6.01. The average Bonchev–Trinajstić information content (AvgIpc) is 3.09. The fourth-order valence-electron chi connectivity index (χ4n) is 3.20. The van der Waals surface area contributed by atoms with Gasteiger partial charge in [0.25, 0.3) is 11.8 Å². The highest BCUT2D eigenvalue weighted by atomic mass is 19.3. The van der Waals surface area contributed by atoms with E-state index in [1.807, 2.05) is 0 Å². The Morgan fingerprint density at radius 2 is 2.21 bits per heavy atom. The van der Waals surface area contributed by atoms with Crippen molar-refractivity contribution in [1.29, 1.82) is 0 Å². The quantitative estimate of drug-likeness (QED) is 0.811. The van der Waals surface area contributed by atoms with E-state index in [9.17, 15) is 18.4 Å². The van der Waals surface area contributed by atoms with E-state index in [0.29, 0.717) is 18.5 Å². The molecule has 2 aliphatic rings. The van der Waals surface area contributed by atoms with Gasteiger partial charge in [0.15, 0.2) is 5.60 Å². The minimum Gasteiger partial charge on any atom is -0.366 e. The van der Waals surface area contributed by atoms with Gasteiger partial charge in [0, 0.05) is 17.9 Å². The molecule has 2 fully saturated rings. The maximum atomic E-state index is 13.9. The number of alkyl halides is 2. The number of anilines is 1. The highest BCUT2D eigenvalue weighted by Gasteiger charge is 2.82. The number of nitrogens with one attached hydrogen (secondary N) is 2. The fourth-order valence-corrected chi connectivity index (χ4v) is 3.20. The summed E-state index contributed by atoms with van der Waals surface area (Å²) >= 11 is 0. The topological polar surface area (TPSA) is 67.4 Å². The molecule has 5 nitrogen and oxygen atoms in total. The van der Waals surface area contributed by atoms with Crippen LogP contribution in [0.25, 0.3) is 0 Å². The number of hydrogen-bond donors (Lipinski definition) is 2. The van der Waals surface area contributed by atoms with E-state index in [1.54, 1.807) is 18.2 Å². The number of hydrogen-bond acceptors (Lipinski definition) is 3. The lowest BCUT2D eigenvalue weighted by atomic mass is 10.1. The predicted octanol–water partition coefficient (Wildman–Crippen LogP) is 2.36. The number of amides is 2. The third kappa shape index (κ3) is 2.69. The zero-order chi connectivity index (χ0) is 17.4. The van der Waals surface area contributed by atoms with Crippen molar-refractivity contribution < 1.29 is 23.1 Å². The number of halogens is 2. The number of carbonyl (C=O) groups excluding carboxylic acids is 2. The van der Waals surface area contributed by atoms with E-state index < -0.39 is 29.3 Å². The van der Waals surface area contributed by atoms with Crippen LogP contribution in [0.5, 0.6) is 0 Å². The van der Waals surface area contributed by atoms with Crippen LogP contribution in [0.15, 0.2) is 36.9 Å². The summed E-state index contributed by atoms with van der Waals surface area (Å²) in [7, 11) is 0. The number of benzene rings is 1. The summed E-state index contributed by atoms with van der Waals surface area (Å²) in [4.78, 5) is 23.5. The Labute approximate surface area is 138 Å². The van der Waals surface area contributed by atoms with Crippen molar-refractivity contribution in [3.63, 3.8) is 0 Å². The van der Waals surface area contributed by atoms with Gasteiger partial charge in [-0.15, -0.1) is 0 Å². The largest absolute Gasteiger partial charge is 0.366 e. The van der Waals surface area contributed by atoms with Gasteiger partial charge in [-0.2, -0.15) is 0 Å². The zero-order valence-corrected chi connectivity index (χ0v) is 13.0. The Morgan fingerprint density at radius 1 is 1.42 bits per heavy atom. The molecule has 2 N–H and O–H groups in total. The third-order valence-electron chi connectivity index (χ3n) is 4.57. The van der Waals surface area contributed by atoms with Gasteiger partial charge in [0.05, 0.1) is 12.5 Å². The van der Waals surface area contributed by atoms with E-state index in [2.05, 4.69) is 17.2 Å². The van der Waals surface area contributed by atoms with Gasteiger partial charge in [-0.25, -0.2) is 8.78 Å². The van der Waals surface area contributed by atoms with Crippen molar-refractivity contribution in [2.45, 2.75) is 24.4 Å². The summed E-state index contributed by atoms with van der Waals surface area (Å²) in [5.41, 5.74) is -0.867. The van der Waals surface area contributed by atoms with Crippen molar-refractivity contribution in [3.05, 3.63) is 42.5 Å². The molecule has 3 rings (SSSR count). The SMILES string of the molecule is C=CC(=O)Nc1cccc(C(=O)NC[C@]23OCCC[C@H]2C3(F)F)c1. The van der Waals surface area contributed by atoms with Crippen LogP contribution in [0.3, 0.4) is 0 Å². The second kappa shape index (κ2) is 5.98. The molecule has 2 atom stereocenters. The molecule has 0 bridgehead atoms. The van der Waals surface area contributed by atoms with Gasteiger partial charge in [-0.05, 0) is 37.1 Å². The maximum Gasteiger partial charge on any atom is 0.284 e. The molecule has 1 aromatic rings. The number of rotatable bonds is 5. The summed E-state index contributed by atoms with van der Waals surface area (Å²) in [6.45, 7) is 3.40. The Hall–Kier alpha value is -2.28. The molecule has 2 amide bonds. The Bertz CT molecular complexity index is 692. The molecule has 24 heavy (non-hydrogen) atoms. The predicted molar refractivity (Wildman–Crippen MR) is 84.0 cm³/mol. The van der Waals surface area contributed by atoms with Crippen LogP contribution in [-0.2, 0) is 9.53 Å². The Balaban J connectivity index is 1.65. The van der Waals surface area contributed by atoms with Gasteiger partial charge in [0.1, 0.15) is 0 Å². The van der Waals surface area contributed by atoms with Gasteiger partial charge >= 0.3 is 0 Å². The highest BCUT2D eigenvalue weighted by molar-refractivity contribution is 6.00. The van der Waals surface area contributed by atoms with Crippen LogP contribution in [0.2, 0.25) is 0 Å². The van der Waals surface area contributed by atoms with Gasteiger partial charge in [-0.1, -0.05) is 12.6 Å². The first kappa shape index (κ1) is 16.6. The van der Waals surface area contributed by atoms with Crippen molar-refractivity contribution in [3.8, 4) is 0 Å². The minimum absolute atomic E-state index is 0.229. The third-order valence-corrected chi connectivity index (χ3v) is 4.57. The van der Waals surface area contributed by atoms with Crippen LogP contribution >= 0.6 is 0 Å². The molecule has 1 saturated heterocycles. The van der Waals surface area contributed by atoms with E-state index in [0.717, 1.165) is 6.08 Å². The summed E-state index contributed by atoms with van der Waals surface area (Å²) in [6, 6.07) is 6.23. The molecular formula is C17H18F2N2O3. The van der Waals surface area contributed by atoms with Gasteiger partial charge in [0.2, 0.25) is 5.91 Å². The molecule has 128 valence electrons. The van der Waals surface area contributed by atoms with Crippen LogP contribution in [0.4, 0.5) is 14.5 Å². The number of ether oxygens (including phenoxy) is 1. The first-order valence-electron chi connectivity index (χ1n) is 7.74. The summed E-state index contributed by atoms with van der Waals surface area (Å²) in [6.07, 6.45) is 2.13. The minimum atomic E-state index is -2.89. The Morgan fingerprint density at radius 3 is 2.92 bits per heavy atom. The summed E-state index contributed by atoms with van der Waals surface area (Å²) in [5.74, 6) is -4.61. The van der Waals surface area contributed by atoms with Crippen LogP contribution in [-0.4, -0.2) is 36.5 Å². The first-order chi connectivity index (χ1) is 11.4. The summed E-state index contributed by atoms with van der Waals surface area (Å²) in [5, 5.41) is 5.06. The van der Waals surface area contributed by atoms with Crippen molar-refractivity contribution in [2.24, 2.45) is 5.92 Å². The van der Waals surface area contributed by atoms with E-state index in [4.69, 9.17) is 4.74 Å². The number of carbonyl (C=O) groups is 2. The van der Waals surface area contributed by atoms with Gasteiger partial charge in [-0.3, -0.25) is 9.59 Å². The van der Waals surface area contributed by atoms with E-state index in [-0.39, 0.29) is 18.7 Å². The standard InChI is InChI=1S/C17H18F2N2O3/c1-2-14(22)21-12-6-3-5-11(9-12)15(23)20-10-16-13(17(16,18)19)7-4-8-24-16/h2-3,5-6,9,13H,1,4,7-8,10H2,(H,20,23)(H,21,22)/t13-,16+/m1/s1. The van der Waals surface area contributed by atoms with Crippen LogP contribution in [0, 0.1) is 5.92 Å². The highest BCUT2D eigenvalue weighted by Crippen LogP contribution is 2.64. The molecule has 0 spiro atoms. The molecule has 1 heterocycles. The fraction of sp³-hybridized carbons (Fsp3) is 0.412. The van der Waals surface area contributed by atoms with E-state index in [1.165, 1.54) is 6.07 Å². The lowest BCUT2D eigenvalue weighted by Crippen LogP contribution is -2.40. The lowest BCUT2D eigenvalue weighted by molar-refractivity contribution is -0.111. The van der Waals surface area contributed by atoms with Crippen LogP contribution in [0.1, 0.15) is 23.2 Å². The van der Waals surface area contributed by atoms with Crippen LogP contribution < -0.4 is 10.6 Å². The molecule has 0 aromatic heterocycles. The average molecular weight is 336 g/mol. The van der Waals surface area contributed by atoms with Crippen molar-refractivity contribution >= 4 is 17.5 Å². The summed E-state index contributed by atoms with van der Waals surface area (Å²) < 4.78 is 33.1. The van der Waals surface area contributed by atoms with Gasteiger partial charge < -0.3 is 15.4 Å². The normalized spacial score (nSPS) is 26.8. The van der Waals surface area contributed by atoms with E-state index >= 15 is 0 Å². The Kier molecular flexibility index (Phi) is 4.13. The molecule has 0 radical (unpaired) electrons. The maximum absolute atomic E-state index is 13.9. The molecule has 1 aromatic carbocycles. The first-order valence-corrected chi connectivity index (χ1v) is 7.74. The molecule has 1 aliphatic carbocycles. The van der Waals surface area contributed by atoms with Crippen molar-refractivity contribution in [1.82, 2.24) is 5.32 Å². The molecular weight excluding hydrogens is 318 g/mol. The molecule has 1 aliphatic heterocycles. The lowest BCUT2D eigenvalue weighted by Gasteiger charge is -2.22. The van der Waals surface area contributed by atoms with Crippen molar-refractivity contribution in [2.75, 3.05) is 18.5 Å². The molecule has 7 heteroatoms. The molecule has 1 saturated carbocycles. The monoisotopic (exact) mass is 336 g/mol.